The molecule has 9 nitrogen and oxygen atoms in total. The molecule has 2 N–H and O–H groups in total. The van der Waals surface area contributed by atoms with Gasteiger partial charge in [-0.05, 0) is 84.8 Å². The van der Waals surface area contributed by atoms with Crippen LogP contribution in [0, 0.1) is 0 Å². The highest BCUT2D eigenvalue weighted by molar-refractivity contribution is 9.10. The summed E-state index contributed by atoms with van der Waals surface area (Å²) in [6.45, 7) is 8.26. The molecular formula is C30H34BrN6O3P. The minimum Gasteiger partial charge on any atom is -0.494 e. The minimum atomic E-state index is -0.282. The highest BCUT2D eigenvalue weighted by Crippen LogP contribution is 2.35. The van der Waals surface area contributed by atoms with Crippen molar-refractivity contribution in [3.05, 3.63) is 71.5 Å². The first-order valence-corrected chi connectivity index (χ1v) is 16.5. The van der Waals surface area contributed by atoms with E-state index in [-0.39, 0.29) is 7.92 Å². The zero-order valence-electron chi connectivity index (χ0n) is 23.4. The third-order valence-corrected chi connectivity index (χ3v) is 8.53. The zero-order chi connectivity index (χ0) is 28.6. The number of halogens is 1. The van der Waals surface area contributed by atoms with Crippen LogP contribution in [0.2, 0.25) is 0 Å². The second-order valence-electron chi connectivity index (χ2n) is 9.74. The van der Waals surface area contributed by atoms with Crippen LogP contribution in [0.15, 0.2) is 71.5 Å². The molecule has 41 heavy (non-hydrogen) atoms. The van der Waals surface area contributed by atoms with Crippen molar-refractivity contribution in [1.29, 1.82) is 0 Å². The molecule has 1 aliphatic heterocycles. The maximum absolute atomic E-state index is 6.09. The van der Waals surface area contributed by atoms with E-state index in [1.807, 2.05) is 24.3 Å². The number of anilines is 4. The summed E-state index contributed by atoms with van der Waals surface area (Å²) in [5, 5.41) is 7.99. The van der Waals surface area contributed by atoms with Crippen molar-refractivity contribution in [3.8, 4) is 23.1 Å². The topological polar surface area (TPSA) is 93.7 Å². The number of methoxy groups -OCH3 is 1. The SMILES string of the molecule is COc1cc(Oc2ccnc(OCCN3CCCC3)c2)ccc1Nc1ncc(Br)c(Nc2ccccc2P(C)C)n1. The molecule has 3 heterocycles. The molecular weight excluding hydrogens is 603 g/mol. The Hall–Kier alpha value is -3.46. The second kappa shape index (κ2) is 13.9. The van der Waals surface area contributed by atoms with Crippen LogP contribution in [0.1, 0.15) is 12.8 Å². The Morgan fingerprint density at radius 3 is 2.56 bits per heavy atom. The van der Waals surface area contributed by atoms with Gasteiger partial charge in [-0.25, -0.2) is 9.97 Å². The molecule has 0 aliphatic carbocycles. The van der Waals surface area contributed by atoms with Gasteiger partial charge in [0.25, 0.3) is 0 Å². The number of aromatic nitrogens is 3. The van der Waals surface area contributed by atoms with Gasteiger partial charge in [0.2, 0.25) is 11.8 Å². The van der Waals surface area contributed by atoms with E-state index in [1.165, 1.54) is 18.1 Å². The molecule has 0 unspecified atom stereocenters. The van der Waals surface area contributed by atoms with Crippen molar-refractivity contribution >= 4 is 52.3 Å². The summed E-state index contributed by atoms with van der Waals surface area (Å²) in [5.41, 5.74) is 1.74. The van der Waals surface area contributed by atoms with E-state index in [2.05, 4.69) is 73.0 Å². The Balaban J connectivity index is 1.25. The summed E-state index contributed by atoms with van der Waals surface area (Å²) in [5.74, 6) is 3.48. The average molecular weight is 638 g/mol. The number of hydrogen-bond donors (Lipinski definition) is 2. The lowest BCUT2D eigenvalue weighted by Crippen LogP contribution is -2.25. The summed E-state index contributed by atoms with van der Waals surface area (Å²) in [6.07, 6.45) is 5.94. The fourth-order valence-electron chi connectivity index (χ4n) is 4.53. The van der Waals surface area contributed by atoms with E-state index in [0.29, 0.717) is 47.2 Å². The molecule has 5 rings (SSSR count). The van der Waals surface area contributed by atoms with Crippen LogP contribution in [0.5, 0.6) is 23.1 Å². The molecule has 0 radical (unpaired) electrons. The van der Waals surface area contributed by atoms with Crippen LogP contribution >= 0.6 is 23.9 Å². The van der Waals surface area contributed by atoms with Gasteiger partial charge in [0, 0.05) is 36.8 Å². The Morgan fingerprint density at radius 2 is 1.76 bits per heavy atom. The maximum Gasteiger partial charge on any atom is 0.229 e. The largest absolute Gasteiger partial charge is 0.494 e. The molecule has 2 aromatic heterocycles. The van der Waals surface area contributed by atoms with Gasteiger partial charge < -0.3 is 24.8 Å². The van der Waals surface area contributed by atoms with E-state index < -0.39 is 0 Å². The normalized spacial score (nSPS) is 13.3. The molecule has 1 fully saturated rings. The van der Waals surface area contributed by atoms with Crippen LogP contribution in [0.4, 0.5) is 23.1 Å². The van der Waals surface area contributed by atoms with Gasteiger partial charge >= 0.3 is 0 Å². The summed E-state index contributed by atoms with van der Waals surface area (Å²) in [7, 11) is 1.33. The molecule has 0 amide bonds. The van der Waals surface area contributed by atoms with E-state index in [1.54, 1.807) is 31.6 Å². The van der Waals surface area contributed by atoms with Crippen LogP contribution in [0.3, 0.4) is 0 Å². The number of hydrogen-bond acceptors (Lipinski definition) is 9. The predicted molar refractivity (Wildman–Crippen MR) is 170 cm³/mol. The minimum absolute atomic E-state index is 0.282. The lowest BCUT2D eigenvalue weighted by molar-refractivity contribution is 0.231. The van der Waals surface area contributed by atoms with Crippen LogP contribution in [-0.2, 0) is 0 Å². The van der Waals surface area contributed by atoms with Gasteiger partial charge in [-0.1, -0.05) is 26.1 Å². The summed E-state index contributed by atoms with van der Waals surface area (Å²) >= 11 is 3.57. The third kappa shape index (κ3) is 7.85. The number of nitrogens with zero attached hydrogens (tertiary/aromatic N) is 4. The van der Waals surface area contributed by atoms with Gasteiger partial charge in [0.15, 0.2) is 0 Å². The average Bonchev–Trinajstić information content (AvgIpc) is 3.50. The smallest absolute Gasteiger partial charge is 0.229 e. The van der Waals surface area contributed by atoms with Gasteiger partial charge in [-0.3, -0.25) is 4.90 Å². The van der Waals surface area contributed by atoms with Crippen LogP contribution < -0.4 is 30.1 Å². The zero-order valence-corrected chi connectivity index (χ0v) is 25.9. The Morgan fingerprint density at radius 1 is 0.951 bits per heavy atom. The third-order valence-electron chi connectivity index (χ3n) is 6.60. The number of benzene rings is 2. The number of pyridine rings is 1. The standard InChI is InChI=1S/C30H34BrN6O3P/c1-38-26-18-21(40-22-12-13-32-28(19-22)39-17-16-37-14-6-7-15-37)10-11-24(26)35-30-33-20-23(31)29(36-30)34-25-8-4-5-9-27(25)41(2)3/h4-5,8-13,18-20H,6-7,14-17H2,1-3H3,(H2,33,34,35,36). The van der Waals surface area contributed by atoms with Gasteiger partial charge in [0.05, 0.1) is 17.3 Å². The molecule has 214 valence electrons. The number of likely N-dealkylation sites (tertiary alicyclic amines) is 1. The molecule has 11 heteroatoms. The van der Waals surface area contributed by atoms with E-state index >= 15 is 0 Å². The molecule has 1 aliphatic rings. The van der Waals surface area contributed by atoms with Crippen molar-refractivity contribution in [2.75, 3.05) is 57.3 Å². The monoisotopic (exact) mass is 636 g/mol. The lowest BCUT2D eigenvalue weighted by atomic mass is 10.2. The van der Waals surface area contributed by atoms with Crippen molar-refractivity contribution < 1.29 is 14.2 Å². The fraction of sp³-hybridized carbons (Fsp3) is 0.300. The molecule has 0 atom stereocenters. The van der Waals surface area contributed by atoms with Crippen LogP contribution in [0.25, 0.3) is 0 Å². The fourth-order valence-corrected chi connectivity index (χ4v) is 5.81. The Kier molecular flexibility index (Phi) is 9.88. The number of ether oxygens (including phenoxy) is 3. The quantitative estimate of drug-likeness (QED) is 0.163. The first-order valence-electron chi connectivity index (χ1n) is 13.5. The van der Waals surface area contributed by atoms with E-state index in [9.17, 15) is 0 Å². The molecule has 2 aromatic carbocycles. The number of rotatable bonds is 12. The maximum atomic E-state index is 6.09. The van der Waals surface area contributed by atoms with Crippen molar-refractivity contribution in [2.45, 2.75) is 12.8 Å². The highest BCUT2D eigenvalue weighted by Gasteiger charge is 2.14. The first kappa shape index (κ1) is 29.0. The summed E-state index contributed by atoms with van der Waals surface area (Å²) in [4.78, 5) is 15.9. The van der Waals surface area contributed by atoms with Crippen LogP contribution in [-0.4, -0.2) is 66.5 Å². The van der Waals surface area contributed by atoms with Crippen molar-refractivity contribution in [3.63, 3.8) is 0 Å². The Labute approximate surface area is 250 Å². The first-order chi connectivity index (χ1) is 20.0. The van der Waals surface area contributed by atoms with Gasteiger partial charge in [-0.15, -0.1) is 0 Å². The lowest BCUT2D eigenvalue weighted by Gasteiger charge is -2.16. The second-order valence-corrected chi connectivity index (χ2v) is 12.9. The summed E-state index contributed by atoms with van der Waals surface area (Å²) in [6, 6.07) is 17.4. The van der Waals surface area contributed by atoms with E-state index in [4.69, 9.17) is 19.2 Å². The highest BCUT2D eigenvalue weighted by atomic mass is 79.9. The molecule has 0 saturated carbocycles. The Bertz CT molecular complexity index is 1470. The van der Waals surface area contributed by atoms with Gasteiger partial charge in [0.1, 0.15) is 29.7 Å². The molecule has 1 saturated heterocycles. The number of para-hydroxylation sites is 1. The van der Waals surface area contributed by atoms with Crippen molar-refractivity contribution in [1.82, 2.24) is 19.9 Å². The number of nitrogens with one attached hydrogen (secondary N) is 2. The van der Waals surface area contributed by atoms with Gasteiger partial charge in [-0.2, -0.15) is 4.98 Å². The molecule has 0 spiro atoms. The summed E-state index contributed by atoms with van der Waals surface area (Å²) < 4.78 is 18.4. The molecule has 0 bridgehead atoms. The van der Waals surface area contributed by atoms with Crippen molar-refractivity contribution in [2.24, 2.45) is 0 Å². The molecule has 4 aromatic rings. The van der Waals surface area contributed by atoms with E-state index in [0.717, 1.165) is 29.8 Å². The predicted octanol–water partition coefficient (Wildman–Crippen LogP) is 6.76.